The molecule has 1 aromatic carbocycles. The van der Waals surface area contributed by atoms with Gasteiger partial charge in [-0.3, -0.25) is 0 Å². The monoisotopic (exact) mass is 288 g/mol. The Kier molecular flexibility index (Phi) is 2.84. The first-order valence-corrected chi connectivity index (χ1v) is 7.65. The number of halogens is 1. The predicted octanol–water partition coefficient (Wildman–Crippen LogP) is 3.34. The normalized spacial score (nSPS) is 21.1. The number of hydrogen-bond donors (Lipinski definition) is 0. The highest BCUT2D eigenvalue weighted by molar-refractivity contribution is 8.00. The number of rotatable bonds is 1. The molecule has 0 saturated heterocycles. The molecule has 0 radical (unpaired) electrons. The Morgan fingerprint density at radius 1 is 1.15 bits per heavy atom. The smallest absolute Gasteiger partial charge is 0.207 e. The van der Waals surface area contributed by atoms with Gasteiger partial charge in [0.2, 0.25) is 5.16 Å². The molecule has 20 heavy (non-hydrogen) atoms. The van der Waals surface area contributed by atoms with Gasteiger partial charge in [-0.1, -0.05) is 18.2 Å². The highest BCUT2D eigenvalue weighted by Gasteiger charge is 2.29. The molecule has 1 aromatic heterocycles. The molecule has 1 fully saturated rings. The van der Waals surface area contributed by atoms with Crippen LogP contribution in [0.5, 0.6) is 0 Å². The van der Waals surface area contributed by atoms with Gasteiger partial charge in [-0.25, -0.2) is 4.39 Å². The van der Waals surface area contributed by atoms with Crippen LogP contribution in [0.3, 0.4) is 0 Å². The second-order valence-electron chi connectivity index (χ2n) is 5.07. The van der Waals surface area contributed by atoms with Gasteiger partial charge < -0.3 is 0 Å². The maximum Gasteiger partial charge on any atom is 0.213 e. The molecule has 2 aromatic rings. The lowest BCUT2D eigenvalue weighted by atomic mass is 9.98. The quantitative estimate of drug-likeness (QED) is 0.808. The van der Waals surface area contributed by atoms with Crippen molar-refractivity contribution >= 4 is 17.5 Å². The minimum atomic E-state index is -0.250. The number of thioether (sulfide) groups is 1. The molecule has 1 aliphatic heterocycles. The first-order valence-electron chi connectivity index (χ1n) is 6.77. The van der Waals surface area contributed by atoms with Crippen LogP contribution in [0.4, 0.5) is 4.39 Å². The van der Waals surface area contributed by atoms with Gasteiger partial charge in [0.25, 0.3) is 0 Å². The average Bonchev–Trinajstić information content (AvgIpc) is 2.88. The zero-order valence-electron chi connectivity index (χ0n) is 10.8. The van der Waals surface area contributed by atoms with Crippen LogP contribution in [0.1, 0.15) is 25.7 Å². The lowest BCUT2D eigenvalue weighted by Crippen LogP contribution is -2.26. The van der Waals surface area contributed by atoms with E-state index in [1.807, 2.05) is 0 Å². The highest BCUT2D eigenvalue weighted by atomic mass is 32.2. The van der Waals surface area contributed by atoms with Gasteiger partial charge in [0, 0.05) is 5.56 Å². The van der Waals surface area contributed by atoms with Crippen LogP contribution >= 0.6 is 11.8 Å². The molecular weight excluding hydrogens is 275 g/mol. The molecule has 1 atom stereocenters. The largest absolute Gasteiger partial charge is 0.213 e. The van der Waals surface area contributed by atoms with Crippen molar-refractivity contribution in [3.8, 4) is 11.4 Å². The zero-order valence-corrected chi connectivity index (χ0v) is 11.6. The van der Waals surface area contributed by atoms with E-state index in [1.54, 1.807) is 28.6 Å². The Labute approximate surface area is 120 Å². The third kappa shape index (κ3) is 1.95. The van der Waals surface area contributed by atoms with Crippen molar-refractivity contribution in [2.75, 3.05) is 0 Å². The molecular formula is C14H13FN4S. The van der Waals surface area contributed by atoms with Crippen LogP contribution in [-0.4, -0.2) is 25.8 Å². The molecule has 0 spiro atoms. The fourth-order valence-electron chi connectivity index (χ4n) is 2.67. The standard InChI is InChI=1S/C14H13FN4S/c15-10-7-5-9(6-8-10)13-16-17-14-19(13)18-11-3-1-2-4-12(11)20-14/h5-8,12H,1-4H2/t12-/m0/s1. The van der Waals surface area contributed by atoms with Gasteiger partial charge in [-0.05, 0) is 43.5 Å². The van der Waals surface area contributed by atoms with Gasteiger partial charge in [0.1, 0.15) is 5.82 Å². The van der Waals surface area contributed by atoms with Crippen LogP contribution in [-0.2, 0) is 0 Å². The SMILES string of the molecule is Fc1ccc(-c2nnc3n2N=C2CCCC[C@@H]2S3)cc1. The van der Waals surface area contributed by atoms with E-state index in [9.17, 15) is 4.39 Å². The molecule has 0 unspecified atom stereocenters. The number of aromatic nitrogens is 3. The topological polar surface area (TPSA) is 43.1 Å². The summed E-state index contributed by atoms with van der Waals surface area (Å²) in [6.45, 7) is 0. The van der Waals surface area contributed by atoms with Crippen LogP contribution in [0.25, 0.3) is 11.4 Å². The van der Waals surface area contributed by atoms with Crippen LogP contribution < -0.4 is 0 Å². The van der Waals surface area contributed by atoms with E-state index in [0.29, 0.717) is 11.1 Å². The molecule has 4 rings (SSSR count). The molecule has 102 valence electrons. The first-order chi connectivity index (χ1) is 9.81. The summed E-state index contributed by atoms with van der Waals surface area (Å²) in [7, 11) is 0. The molecule has 1 saturated carbocycles. The van der Waals surface area contributed by atoms with E-state index in [-0.39, 0.29) is 5.82 Å². The average molecular weight is 288 g/mol. The summed E-state index contributed by atoms with van der Waals surface area (Å²) < 4.78 is 14.8. The van der Waals surface area contributed by atoms with Gasteiger partial charge >= 0.3 is 0 Å². The highest BCUT2D eigenvalue weighted by Crippen LogP contribution is 2.36. The second kappa shape index (κ2) is 4.70. The number of nitrogens with zero attached hydrogens (tertiary/aromatic N) is 4. The maximum absolute atomic E-state index is 13.0. The van der Waals surface area contributed by atoms with Crippen LogP contribution in [0, 0.1) is 5.82 Å². The number of hydrogen-bond acceptors (Lipinski definition) is 4. The minimum absolute atomic E-state index is 0.250. The summed E-state index contributed by atoms with van der Waals surface area (Å²) in [5.74, 6) is 0.434. The predicted molar refractivity (Wildman–Crippen MR) is 76.4 cm³/mol. The lowest BCUT2D eigenvalue weighted by Gasteiger charge is -2.26. The van der Waals surface area contributed by atoms with E-state index >= 15 is 0 Å². The Hall–Kier alpha value is -1.69. The molecule has 4 nitrogen and oxygen atoms in total. The molecule has 6 heteroatoms. The number of benzene rings is 1. The second-order valence-corrected chi connectivity index (χ2v) is 6.24. The van der Waals surface area contributed by atoms with Crippen molar-refractivity contribution in [3.63, 3.8) is 0 Å². The summed E-state index contributed by atoms with van der Waals surface area (Å²) in [5, 5.41) is 14.5. The van der Waals surface area contributed by atoms with Crippen molar-refractivity contribution in [1.82, 2.24) is 14.9 Å². The summed E-state index contributed by atoms with van der Waals surface area (Å²) >= 11 is 1.74. The van der Waals surface area contributed by atoms with Crippen LogP contribution in [0.2, 0.25) is 0 Å². The molecule has 2 aliphatic rings. The van der Waals surface area contributed by atoms with Gasteiger partial charge in [-0.15, -0.1) is 10.2 Å². The van der Waals surface area contributed by atoms with Gasteiger partial charge in [0.15, 0.2) is 5.82 Å². The van der Waals surface area contributed by atoms with E-state index in [0.717, 1.165) is 17.1 Å². The molecule has 0 N–H and O–H groups in total. The van der Waals surface area contributed by atoms with Crippen molar-refractivity contribution in [2.45, 2.75) is 36.1 Å². The molecule has 2 heterocycles. The summed E-state index contributed by atoms with van der Waals surface area (Å²) in [4.78, 5) is 0. The van der Waals surface area contributed by atoms with Gasteiger partial charge in [0.05, 0.1) is 11.0 Å². The molecule has 0 bridgehead atoms. The van der Waals surface area contributed by atoms with Crippen molar-refractivity contribution < 1.29 is 4.39 Å². The van der Waals surface area contributed by atoms with Crippen molar-refractivity contribution in [1.29, 1.82) is 0 Å². The fourth-order valence-corrected chi connectivity index (χ4v) is 3.82. The maximum atomic E-state index is 13.0. The summed E-state index contributed by atoms with van der Waals surface area (Å²) in [6, 6.07) is 6.29. The summed E-state index contributed by atoms with van der Waals surface area (Å²) in [6.07, 6.45) is 4.69. The Balaban J connectivity index is 1.78. The van der Waals surface area contributed by atoms with E-state index in [4.69, 9.17) is 5.10 Å². The van der Waals surface area contributed by atoms with Gasteiger partial charge in [-0.2, -0.15) is 9.78 Å². The van der Waals surface area contributed by atoms with E-state index in [2.05, 4.69) is 10.2 Å². The van der Waals surface area contributed by atoms with Crippen molar-refractivity contribution in [3.05, 3.63) is 30.1 Å². The molecule has 0 amide bonds. The summed E-state index contributed by atoms with van der Waals surface area (Å²) in [5.41, 5.74) is 2.07. The van der Waals surface area contributed by atoms with Crippen molar-refractivity contribution in [2.24, 2.45) is 5.10 Å². The molecule has 1 aliphatic carbocycles. The lowest BCUT2D eigenvalue weighted by molar-refractivity contribution is 0.627. The third-order valence-electron chi connectivity index (χ3n) is 3.71. The minimum Gasteiger partial charge on any atom is -0.207 e. The van der Waals surface area contributed by atoms with E-state index in [1.165, 1.54) is 37.1 Å². The van der Waals surface area contributed by atoms with E-state index < -0.39 is 0 Å². The van der Waals surface area contributed by atoms with Crippen LogP contribution in [0.15, 0.2) is 34.5 Å². The Morgan fingerprint density at radius 2 is 2.00 bits per heavy atom. The first kappa shape index (κ1) is 12.1. The Morgan fingerprint density at radius 3 is 2.85 bits per heavy atom. The Bertz CT molecular complexity index is 677. The third-order valence-corrected chi connectivity index (χ3v) is 4.97. The fraction of sp³-hybridized carbons (Fsp3) is 0.357. The number of fused-ring (bicyclic) bond motifs is 2. The zero-order chi connectivity index (χ0) is 13.5.